The zero-order valence-corrected chi connectivity index (χ0v) is 11.2. The van der Waals surface area contributed by atoms with Crippen molar-refractivity contribution in [2.24, 2.45) is 0 Å². The maximum atomic E-state index is 11.9. The molecular weight excluding hydrogens is 240 g/mol. The lowest BCUT2D eigenvalue weighted by Gasteiger charge is -2.22. The molecule has 1 saturated heterocycles. The van der Waals surface area contributed by atoms with E-state index in [-0.39, 0.29) is 11.7 Å². The molecule has 0 spiro atoms. The van der Waals surface area contributed by atoms with Crippen LogP contribution in [0.25, 0.3) is 0 Å². The highest BCUT2D eigenvalue weighted by Gasteiger charge is 2.16. The minimum absolute atomic E-state index is 0.0231. The van der Waals surface area contributed by atoms with Crippen molar-refractivity contribution in [2.75, 3.05) is 11.9 Å². The van der Waals surface area contributed by atoms with Gasteiger partial charge >= 0.3 is 0 Å². The maximum absolute atomic E-state index is 11.9. The van der Waals surface area contributed by atoms with Gasteiger partial charge in [0.2, 0.25) is 5.91 Å². The second-order valence-electron chi connectivity index (χ2n) is 5.03. The van der Waals surface area contributed by atoms with Crippen LogP contribution in [-0.4, -0.2) is 24.3 Å². The van der Waals surface area contributed by atoms with Crippen molar-refractivity contribution in [1.29, 1.82) is 0 Å². The molecule has 0 radical (unpaired) electrons. The number of Topliss-reactive ketones (excluding diaryl/α,β-unsaturated/α-hetero) is 1. The Bertz CT molecular complexity index is 448. The van der Waals surface area contributed by atoms with Gasteiger partial charge in [0.1, 0.15) is 0 Å². The van der Waals surface area contributed by atoms with Gasteiger partial charge in [0.25, 0.3) is 0 Å². The first-order chi connectivity index (χ1) is 9.15. The fourth-order valence-corrected chi connectivity index (χ4v) is 2.32. The molecule has 1 aliphatic rings. The Hall–Kier alpha value is -1.68. The lowest BCUT2D eigenvalue weighted by molar-refractivity contribution is -0.116. The molecule has 102 valence electrons. The summed E-state index contributed by atoms with van der Waals surface area (Å²) >= 11 is 0. The first-order valence-corrected chi connectivity index (χ1v) is 6.79. The van der Waals surface area contributed by atoms with Crippen LogP contribution in [0.4, 0.5) is 5.69 Å². The van der Waals surface area contributed by atoms with E-state index in [1.54, 1.807) is 24.3 Å². The molecular formula is C15H20N2O2. The van der Waals surface area contributed by atoms with E-state index >= 15 is 0 Å². The van der Waals surface area contributed by atoms with Crippen molar-refractivity contribution in [3.8, 4) is 0 Å². The molecule has 0 saturated carbocycles. The quantitative estimate of drug-likeness (QED) is 0.817. The molecule has 1 aromatic rings. The molecule has 1 atom stereocenters. The minimum Gasteiger partial charge on any atom is -0.326 e. The molecule has 0 aromatic heterocycles. The van der Waals surface area contributed by atoms with Crippen LogP contribution >= 0.6 is 0 Å². The predicted octanol–water partition coefficient (Wildman–Crippen LogP) is 2.36. The van der Waals surface area contributed by atoms with Crippen molar-refractivity contribution in [3.05, 3.63) is 29.8 Å². The smallest absolute Gasteiger partial charge is 0.225 e. The number of benzene rings is 1. The van der Waals surface area contributed by atoms with E-state index in [1.807, 2.05) is 0 Å². The van der Waals surface area contributed by atoms with E-state index in [0.717, 1.165) is 18.7 Å². The van der Waals surface area contributed by atoms with E-state index in [2.05, 4.69) is 10.6 Å². The largest absolute Gasteiger partial charge is 0.326 e. The van der Waals surface area contributed by atoms with Gasteiger partial charge in [0, 0.05) is 23.7 Å². The van der Waals surface area contributed by atoms with Gasteiger partial charge in [-0.05, 0) is 50.6 Å². The van der Waals surface area contributed by atoms with Gasteiger partial charge in [0.05, 0.1) is 0 Å². The Morgan fingerprint density at radius 1 is 1.26 bits per heavy atom. The number of amides is 1. The minimum atomic E-state index is 0.0231. The Labute approximate surface area is 113 Å². The summed E-state index contributed by atoms with van der Waals surface area (Å²) in [6.45, 7) is 2.54. The molecule has 0 aliphatic carbocycles. The molecule has 1 fully saturated rings. The Kier molecular flexibility index (Phi) is 4.68. The summed E-state index contributed by atoms with van der Waals surface area (Å²) in [6.07, 6.45) is 3.97. The van der Waals surface area contributed by atoms with Crippen molar-refractivity contribution in [1.82, 2.24) is 5.32 Å². The van der Waals surface area contributed by atoms with Crippen molar-refractivity contribution >= 4 is 17.4 Å². The molecule has 1 aromatic carbocycles. The van der Waals surface area contributed by atoms with Crippen LogP contribution < -0.4 is 10.6 Å². The first kappa shape index (κ1) is 13.7. The van der Waals surface area contributed by atoms with Crippen LogP contribution in [0.5, 0.6) is 0 Å². The van der Waals surface area contributed by atoms with E-state index in [4.69, 9.17) is 0 Å². The van der Waals surface area contributed by atoms with Crippen molar-refractivity contribution in [2.45, 2.75) is 38.6 Å². The number of hydrogen-bond donors (Lipinski definition) is 2. The zero-order valence-electron chi connectivity index (χ0n) is 11.2. The third kappa shape index (κ3) is 4.17. The molecule has 0 bridgehead atoms. The summed E-state index contributed by atoms with van der Waals surface area (Å²) in [6, 6.07) is 7.30. The van der Waals surface area contributed by atoms with Crippen LogP contribution in [-0.2, 0) is 4.79 Å². The number of ketones is 1. The van der Waals surface area contributed by atoms with Gasteiger partial charge in [-0.1, -0.05) is 6.42 Å². The van der Waals surface area contributed by atoms with Gasteiger partial charge in [-0.25, -0.2) is 0 Å². The average Bonchev–Trinajstić information content (AvgIpc) is 2.40. The van der Waals surface area contributed by atoms with Gasteiger partial charge in [-0.3, -0.25) is 9.59 Å². The summed E-state index contributed by atoms with van der Waals surface area (Å²) in [5.74, 6) is 0.0549. The van der Waals surface area contributed by atoms with Crippen molar-refractivity contribution in [3.63, 3.8) is 0 Å². The van der Waals surface area contributed by atoms with Crippen LogP contribution in [0.3, 0.4) is 0 Å². The summed E-state index contributed by atoms with van der Waals surface area (Å²) < 4.78 is 0. The molecule has 19 heavy (non-hydrogen) atoms. The standard InChI is InChI=1S/C15H20N2O2/c1-11(18)12-5-7-13(8-6-12)17-15(19)10-14-4-2-3-9-16-14/h5-8,14,16H,2-4,9-10H2,1H3,(H,17,19). The Morgan fingerprint density at radius 2 is 2.00 bits per heavy atom. The lowest BCUT2D eigenvalue weighted by atomic mass is 10.0. The highest BCUT2D eigenvalue weighted by atomic mass is 16.1. The van der Waals surface area contributed by atoms with Crippen LogP contribution in [0, 0.1) is 0 Å². The fraction of sp³-hybridized carbons (Fsp3) is 0.467. The summed E-state index contributed by atoms with van der Waals surface area (Å²) in [5, 5.41) is 6.22. The molecule has 1 heterocycles. The molecule has 1 amide bonds. The van der Waals surface area contributed by atoms with E-state index in [9.17, 15) is 9.59 Å². The summed E-state index contributed by atoms with van der Waals surface area (Å²) in [5.41, 5.74) is 1.40. The predicted molar refractivity (Wildman–Crippen MR) is 75.3 cm³/mol. The normalized spacial score (nSPS) is 18.9. The Morgan fingerprint density at radius 3 is 2.58 bits per heavy atom. The molecule has 4 nitrogen and oxygen atoms in total. The third-order valence-corrected chi connectivity index (χ3v) is 3.42. The van der Waals surface area contributed by atoms with Crippen LogP contribution in [0.1, 0.15) is 43.0 Å². The third-order valence-electron chi connectivity index (χ3n) is 3.42. The second-order valence-corrected chi connectivity index (χ2v) is 5.03. The highest BCUT2D eigenvalue weighted by molar-refractivity contribution is 5.95. The average molecular weight is 260 g/mol. The molecule has 2 rings (SSSR count). The first-order valence-electron chi connectivity index (χ1n) is 6.79. The number of rotatable bonds is 4. The van der Waals surface area contributed by atoms with E-state index < -0.39 is 0 Å². The number of carbonyl (C=O) groups is 2. The summed E-state index contributed by atoms with van der Waals surface area (Å²) in [4.78, 5) is 23.0. The number of hydrogen-bond acceptors (Lipinski definition) is 3. The Balaban J connectivity index is 1.85. The van der Waals surface area contributed by atoms with Gasteiger partial charge in [-0.15, -0.1) is 0 Å². The number of anilines is 1. The fourth-order valence-electron chi connectivity index (χ4n) is 2.32. The topological polar surface area (TPSA) is 58.2 Å². The summed E-state index contributed by atoms with van der Waals surface area (Å²) in [7, 11) is 0. The maximum Gasteiger partial charge on any atom is 0.225 e. The van der Waals surface area contributed by atoms with Crippen molar-refractivity contribution < 1.29 is 9.59 Å². The monoisotopic (exact) mass is 260 g/mol. The zero-order chi connectivity index (χ0) is 13.7. The van der Waals surface area contributed by atoms with Gasteiger partial charge in [-0.2, -0.15) is 0 Å². The van der Waals surface area contributed by atoms with Crippen LogP contribution in [0.2, 0.25) is 0 Å². The van der Waals surface area contributed by atoms with E-state index in [1.165, 1.54) is 19.8 Å². The SMILES string of the molecule is CC(=O)c1ccc(NC(=O)CC2CCCCN2)cc1. The molecule has 1 aliphatic heterocycles. The molecule has 4 heteroatoms. The van der Waals surface area contributed by atoms with Crippen LogP contribution in [0.15, 0.2) is 24.3 Å². The number of nitrogens with one attached hydrogen (secondary N) is 2. The molecule has 2 N–H and O–H groups in total. The lowest BCUT2D eigenvalue weighted by Crippen LogP contribution is -2.36. The number of carbonyl (C=O) groups excluding carboxylic acids is 2. The second kappa shape index (κ2) is 6.48. The van der Waals surface area contributed by atoms with Gasteiger partial charge < -0.3 is 10.6 Å². The molecule has 1 unspecified atom stereocenters. The van der Waals surface area contributed by atoms with E-state index in [0.29, 0.717) is 18.0 Å². The van der Waals surface area contributed by atoms with Gasteiger partial charge in [0.15, 0.2) is 5.78 Å². The highest BCUT2D eigenvalue weighted by Crippen LogP contribution is 2.13. The number of piperidine rings is 1.